The van der Waals surface area contributed by atoms with E-state index in [0.717, 1.165) is 26.1 Å². The summed E-state index contributed by atoms with van der Waals surface area (Å²) < 4.78 is 1.05. The number of rotatable bonds is 0. The summed E-state index contributed by atoms with van der Waals surface area (Å²) in [5, 5.41) is 9.75. The molecule has 4 nitrogen and oxygen atoms in total. The minimum absolute atomic E-state index is 0.558. The Bertz CT molecular complexity index is 813. The Hall–Kier alpha value is -2.32. The van der Waals surface area contributed by atoms with E-state index in [2.05, 4.69) is 15.0 Å². The van der Waals surface area contributed by atoms with E-state index in [0.29, 0.717) is 5.69 Å². The van der Waals surface area contributed by atoms with Crippen molar-refractivity contribution in [1.29, 1.82) is 5.39 Å². The lowest BCUT2D eigenvalue weighted by Crippen LogP contribution is -2.11. The molecule has 0 saturated carbocycles. The Kier molecular flexibility index (Phi) is 2.50. The average molecular weight is 254 g/mol. The molecule has 0 radical (unpaired) electrons. The van der Waals surface area contributed by atoms with E-state index >= 15 is 0 Å². The van der Waals surface area contributed by atoms with Crippen LogP contribution in [0.5, 0.6) is 0 Å². The fourth-order valence-corrected chi connectivity index (χ4v) is 2.92. The molecule has 0 spiro atoms. The molecule has 0 bridgehead atoms. The Morgan fingerprint density at radius 3 is 2.89 bits per heavy atom. The zero-order valence-electron chi connectivity index (χ0n) is 9.71. The molecular formula is C13H10N4S+2. The summed E-state index contributed by atoms with van der Waals surface area (Å²) in [4.78, 5) is 11.9. The molecule has 18 heavy (non-hydrogen) atoms. The van der Waals surface area contributed by atoms with Crippen molar-refractivity contribution in [2.24, 2.45) is 4.99 Å². The highest BCUT2D eigenvalue weighted by atomic mass is 32.1. The van der Waals surface area contributed by atoms with Crippen LogP contribution in [0.2, 0.25) is 0 Å². The summed E-state index contributed by atoms with van der Waals surface area (Å²) in [6, 6.07) is 11.6. The highest BCUT2D eigenvalue weighted by Crippen LogP contribution is 2.28. The van der Waals surface area contributed by atoms with E-state index < -0.39 is 0 Å². The van der Waals surface area contributed by atoms with Gasteiger partial charge in [0.2, 0.25) is 16.6 Å². The fourth-order valence-electron chi connectivity index (χ4n) is 1.86. The van der Waals surface area contributed by atoms with E-state index in [1.807, 2.05) is 30.3 Å². The number of fused-ring (bicyclic) bond motifs is 2. The van der Waals surface area contributed by atoms with Gasteiger partial charge in [-0.2, -0.15) is 0 Å². The Morgan fingerprint density at radius 2 is 2.11 bits per heavy atom. The monoisotopic (exact) mass is 254 g/mol. The highest BCUT2D eigenvalue weighted by Gasteiger charge is 2.15. The van der Waals surface area contributed by atoms with Gasteiger partial charge in [0.15, 0.2) is 4.98 Å². The van der Waals surface area contributed by atoms with Crippen LogP contribution in [0.15, 0.2) is 41.4 Å². The smallest absolute Gasteiger partial charge is 0.289 e. The Labute approximate surface area is 107 Å². The number of hydrogen-bond donors (Lipinski definition) is 0. The van der Waals surface area contributed by atoms with Crippen LogP contribution in [-0.4, -0.2) is 7.05 Å². The third-order valence-corrected chi connectivity index (χ3v) is 3.91. The lowest BCUT2D eigenvalue weighted by Gasteiger charge is -1.99. The Balaban J connectivity index is 2.39. The second-order valence-electron chi connectivity index (χ2n) is 3.91. The molecule has 0 atom stereocenters. The van der Waals surface area contributed by atoms with Gasteiger partial charge in [0.05, 0.1) is 11.4 Å². The number of nitrogens with zero attached hydrogens (tertiary/aromatic N) is 3. The molecule has 1 N–H and O–H groups in total. The number of diazo groups is 1. The zero-order chi connectivity index (χ0) is 12.5. The van der Waals surface area contributed by atoms with Crippen molar-refractivity contribution in [1.82, 2.24) is 0 Å². The van der Waals surface area contributed by atoms with Gasteiger partial charge in [0, 0.05) is 25.2 Å². The molecule has 3 rings (SSSR count). The topological polar surface area (TPSA) is 54.6 Å². The second kappa shape index (κ2) is 4.17. The van der Waals surface area contributed by atoms with Crippen LogP contribution in [0, 0.1) is 5.39 Å². The molecule has 86 valence electrons. The number of hydrogen-bond acceptors (Lipinski definition) is 3. The first-order chi connectivity index (χ1) is 8.80. The van der Waals surface area contributed by atoms with Crippen molar-refractivity contribution < 1.29 is 4.98 Å². The molecule has 0 unspecified atom stereocenters. The third kappa shape index (κ3) is 1.73. The van der Waals surface area contributed by atoms with Crippen molar-refractivity contribution >= 4 is 27.2 Å². The van der Waals surface area contributed by atoms with Crippen molar-refractivity contribution in [3.63, 3.8) is 0 Å². The predicted octanol–water partition coefficient (Wildman–Crippen LogP) is 2.84. The van der Waals surface area contributed by atoms with Crippen LogP contribution in [0.3, 0.4) is 0 Å². The number of nitrogens with one attached hydrogen (secondary N) is 1. The van der Waals surface area contributed by atoms with Gasteiger partial charge >= 0.3 is 5.69 Å². The average Bonchev–Trinajstić information content (AvgIpc) is 2.43. The molecule has 2 aliphatic rings. The second-order valence-corrected chi connectivity index (χ2v) is 5.00. The maximum Gasteiger partial charge on any atom is 0.386 e. The third-order valence-electron chi connectivity index (χ3n) is 2.79. The fraction of sp³-hybridized carbons (Fsp3) is 0.0769. The molecule has 1 aromatic carbocycles. The minimum Gasteiger partial charge on any atom is -0.289 e. The first kappa shape index (κ1) is 10.8. The number of aromatic nitrogens is 1. The summed E-state index contributed by atoms with van der Waals surface area (Å²) in [5.74, 6) is 0. The van der Waals surface area contributed by atoms with E-state index in [9.17, 15) is 0 Å². The van der Waals surface area contributed by atoms with E-state index in [-0.39, 0.29) is 0 Å². The zero-order valence-corrected chi connectivity index (χ0v) is 10.5. The SMILES string of the molecule is CN=c1ccc2[nH+]c3ccc([N+]#N)cc3sc-2c1. The maximum absolute atomic E-state index is 8.80. The van der Waals surface area contributed by atoms with Crippen LogP contribution < -0.4 is 10.3 Å². The molecule has 5 heteroatoms. The lowest BCUT2D eigenvalue weighted by atomic mass is 10.2. The minimum atomic E-state index is 0.558. The molecular weight excluding hydrogens is 244 g/mol. The summed E-state index contributed by atoms with van der Waals surface area (Å²) in [5.41, 5.74) is 2.66. The van der Waals surface area contributed by atoms with Gasteiger partial charge in [-0.3, -0.25) is 4.99 Å². The molecule has 1 heterocycles. The van der Waals surface area contributed by atoms with Gasteiger partial charge in [-0.25, -0.2) is 4.98 Å². The molecule has 1 aliphatic carbocycles. The van der Waals surface area contributed by atoms with E-state index in [1.54, 1.807) is 24.5 Å². The summed E-state index contributed by atoms with van der Waals surface area (Å²) >= 11 is 1.65. The summed E-state index contributed by atoms with van der Waals surface area (Å²) in [6.07, 6.45) is 0. The number of aromatic amines is 1. The molecule has 0 aromatic heterocycles. The van der Waals surface area contributed by atoms with Gasteiger partial charge in [0.1, 0.15) is 9.58 Å². The van der Waals surface area contributed by atoms with Crippen molar-refractivity contribution in [3.8, 4) is 10.6 Å². The van der Waals surface area contributed by atoms with E-state index in [4.69, 9.17) is 5.39 Å². The number of benzene rings is 2. The van der Waals surface area contributed by atoms with Crippen molar-refractivity contribution in [2.45, 2.75) is 0 Å². The van der Waals surface area contributed by atoms with Crippen LogP contribution in [0.1, 0.15) is 0 Å². The summed E-state index contributed by atoms with van der Waals surface area (Å²) in [6.45, 7) is 0. The van der Waals surface area contributed by atoms with Gasteiger partial charge in [-0.05, 0) is 12.1 Å². The van der Waals surface area contributed by atoms with Crippen molar-refractivity contribution in [3.05, 3.63) is 46.7 Å². The van der Waals surface area contributed by atoms with Gasteiger partial charge in [0.25, 0.3) is 0 Å². The van der Waals surface area contributed by atoms with Gasteiger partial charge < -0.3 is 0 Å². The molecule has 0 amide bonds. The van der Waals surface area contributed by atoms with Crippen LogP contribution in [0.4, 0.5) is 5.69 Å². The van der Waals surface area contributed by atoms with Crippen LogP contribution >= 0.6 is 11.3 Å². The molecule has 1 aliphatic heterocycles. The summed E-state index contributed by atoms with van der Waals surface area (Å²) in [7, 11) is 1.78. The largest absolute Gasteiger partial charge is 0.386 e. The lowest BCUT2D eigenvalue weighted by molar-refractivity contribution is -0.330. The molecule has 0 saturated heterocycles. The van der Waals surface area contributed by atoms with Gasteiger partial charge in [-0.1, -0.05) is 0 Å². The van der Waals surface area contributed by atoms with Crippen LogP contribution in [-0.2, 0) is 0 Å². The van der Waals surface area contributed by atoms with Gasteiger partial charge in [-0.15, -0.1) is 11.3 Å². The predicted molar refractivity (Wildman–Crippen MR) is 71.2 cm³/mol. The highest BCUT2D eigenvalue weighted by molar-refractivity contribution is 7.21. The quantitative estimate of drug-likeness (QED) is 0.449. The first-order valence-corrected chi connectivity index (χ1v) is 6.30. The normalized spacial score (nSPS) is 11.9. The standard InChI is InChI=1S/C13H9N4S/c1-15-8-2-4-10-12(6-8)18-13-7-9(17-14)3-5-11(13)16-10/h2-7H,1H3/q+1/p+1. The molecule has 1 aromatic rings. The maximum atomic E-state index is 8.80. The van der Waals surface area contributed by atoms with Crippen LogP contribution in [0.25, 0.3) is 25.8 Å². The first-order valence-electron chi connectivity index (χ1n) is 5.48. The van der Waals surface area contributed by atoms with Crippen molar-refractivity contribution in [2.75, 3.05) is 7.05 Å². The molecule has 0 fully saturated rings. The number of H-pyrrole nitrogens is 1. The Morgan fingerprint density at radius 1 is 1.22 bits per heavy atom. The van der Waals surface area contributed by atoms with E-state index in [1.165, 1.54) is 0 Å².